The summed E-state index contributed by atoms with van der Waals surface area (Å²) in [5.41, 5.74) is -1.41. The summed E-state index contributed by atoms with van der Waals surface area (Å²) in [5, 5.41) is 4.50. The van der Waals surface area contributed by atoms with Gasteiger partial charge in [0, 0.05) is 12.0 Å². The first-order chi connectivity index (χ1) is 27.9. The third-order valence-electron chi connectivity index (χ3n) is 12.8. The maximum Gasteiger partial charge on any atom is 0.408 e. The first kappa shape index (κ1) is 42.8. The maximum atomic E-state index is 14.9. The van der Waals surface area contributed by atoms with Crippen molar-refractivity contribution in [2.45, 2.75) is 146 Å². The Hall–Kier alpha value is -4.35. The number of sulfonamides is 1. The van der Waals surface area contributed by atoms with Crippen LogP contribution in [-0.4, -0.2) is 102 Å². The number of aryl methyl sites for hydroxylation is 1. The molecule has 2 bridgehead atoms. The molecule has 2 aromatic rings. The van der Waals surface area contributed by atoms with Crippen LogP contribution in [0.2, 0.25) is 0 Å². The smallest absolute Gasteiger partial charge is 0.408 e. The van der Waals surface area contributed by atoms with Gasteiger partial charge in [-0.05, 0) is 87.7 Å². The second-order valence-corrected chi connectivity index (χ2v) is 19.9. The molecule has 18 heteroatoms. The second kappa shape index (κ2) is 16.6. The average molecular weight is 847 g/mol. The zero-order valence-electron chi connectivity index (χ0n) is 34.3. The van der Waals surface area contributed by atoms with Crippen LogP contribution < -0.4 is 24.8 Å². The number of halogens is 2. The zero-order valence-corrected chi connectivity index (χ0v) is 35.1. The predicted octanol–water partition coefficient (Wildman–Crippen LogP) is 4.80. The van der Waals surface area contributed by atoms with Crippen molar-refractivity contribution in [3.05, 3.63) is 23.9 Å². The quantitative estimate of drug-likeness (QED) is 0.331. The van der Waals surface area contributed by atoms with Crippen LogP contribution in [0.5, 0.6) is 11.6 Å². The van der Waals surface area contributed by atoms with Gasteiger partial charge < -0.3 is 29.7 Å². The van der Waals surface area contributed by atoms with E-state index in [1.54, 1.807) is 46.9 Å². The highest BCUT2D eigenvalue weighted by atomic mass is 32.2. The molecule has 5 aliphatic rings. The molecule has 1 saturated heterocycles. The molecule has 1 aromatic carbocycles. The largest absolute Gasteiger partial charge is 0.497 e. The summed E-state index contributed by atoms with van der Waals surface area (Å²) in [6.45, 7) is 6.91. The summed E-state index contributed by atoms with van der Waals surface area (Å²) in [6.07, 6.45) is 1.88. The molecule has 2 aliphatic heterocycles. The normalized spacial score (nSPS) is 30.6. The summed E-state index contributed by atoms with van der Waals surface area (Å²) in [6, 6.07) is 2.74. The fourth-order valence-electron chi connectivity index (χ4n) is 9.13. The number of benzene rings is 1. The third kappa shape index (κ3) is 8.92. The van der Waals surface area contributed by atoms with E-state index in [2.05, 4.69) is 10.6 Å². The van der Waals surface area contributed by atoms with Gasteiger partial charge in [-0.1, -0.05) is 40.5 Å². The molecule has 15 nitrogen and oxygen atoms in total. The van der Waals surface area contributed by atoms with Gasteiger partial charge in [0.25, 0.3) is 5.91 Å². The molecule has 1 aromatic heterocycles. The van der Waals surface area contributed by atoms with Crippen LogP contribution in [0.15, 0.2) is 18.2 Å². The van der Waals surface area contributed by atoms with E-state index in [0.717, 1.165) is 38.5 Å². The number of nitrogens with one attached hydrogen (secondary N) is 3. The minimum atomic E-state index is -4.15. The van der Waals surface area contributed by atoms with E-state index in [1.165, 1.54) is 4.90 Å². The molecule has 3 saturated carbocycles. The lowest BCUT2D eigenvalue weighted by molar-refractivity contribution is -0.144. The fourth-order valence-corrected chi connectivity index (χ4v) is 10.5. The van der Waals surface area contributed by atoms with E-state index in [0.29, 0.717) is 48.2 Å². The highest BCUT2D eigenvalue weighted by molar-refractivity contribution is 7.91. The molecule has 0 spiro atoms. The monoisotopic (exact) mass is 846 g/mol. The number of hydrogen-bond acceptors (Lipinski definition) is 11. The maximum absolute atomic E-state index is 14.9. The number of methoxy groups -OCH3 is 1. The Kier molecular flexibility index (Phi) is 12.0. The molecule has 0 radical (unpaired) electrons. The van der Waals surface area contributed by atoms with Gasteiger partial charge in [-0.2, -0.15) is 0 Å². The number of carbonyl (C=O) groups is 4. The molecule has 59 heavy (non-hydrogen) atoms. The molecule has 7 rings (SSSR count). The molecule has 3 N–H and O–H groups in total. The number of hydrogen-bond donors (Lipinski definition) is 3. The molecular formula is C41H56F2N6O9S. The van der Waals surface area contributed by atoms with Gasteiger partial charge >= 0.3 is 6.09 Å². The van der Waals surface area contributed by atoms with Gasteiger partial charge in [0.15, 0.2) is 0 Å². The Morgan fingerprint density at radius 2 is 1.76 bits per heavy atom. The highest BCUT2D eigenvalue weighted by Crippen LogP contribution is 2.49. The van der Waals surface area contributed by atoms with E-state index in [-0.39, 0.29) is 30.9 Å². The molecule has 3 heterocycles. The van der Waals surface area contributed by atoms with E-state index < -0.39 is 92.9 Å². The van der Waals surface area contributed by atoms with Gasteiger partial charge in [0.05, 0.1) is 35.9 Å². The Balaban J connectivity index is 1.28. The zero-order chi connectivity index (χ0) is 42.4. The van der Waals surface area contributed by atoms with Gasteiger partial charge in [-0.15, -0.1) is 0 Å². The SMILES string of the molecule is CC[C@@H]1[C@@H]2CN(C(=O)[C@H](C(C)(C)C)NC(=O)O[C@@H]3CCC[C@H]3CCCCCc3nc4ccc(OC)cc4nc3O2)[C@@H]1C(=O)N[C@]1(C(=O)NS(=O)(=O)C2CC2)CC1C(F)F. The van der Waals surface area contributed by atoms with Crippen molar-refractivity contribution >= 4 is 44.9 Å². The molecule has 324 valence electrons. The van der Waals surface area contributed by atoms with Crippen molar-refractivity contribution in [2.24, 2.45) is 23.2 Å². The third-order valence-corrected chi connectivity index (χ3v) is 14.6. The topological polar surface area (TPSA) is 195 Å². The van der Waals surface area contributed by atoms with E-state index in [4.69, 9.17) is 24.2 Å². The Morgan fingerprint density at radius 3 is 2.42 bits per heavy atom. The second-order valence-electron chi connectivity index (χ2n) is 18.0. The van der Waals surface area contributed by atoms with Crippen molar-refractivity contribution < 1.29 is 50.6 Å². The van der Waals surface area contributed by atoms with Crippen molar-refractivity contribution in [2.75, 3.05) is 13.7 Å². The van der Waals surface area contributed by atoms with Gasteiger partial charge in [-0.25, -0.2) is 32.0 Å². The molecular weight excluding hydrogens is 791 g/mol. The Morgan fingerprint density at radius 1 is 1.02 bits per heavy atom. The van der Waals surface area contributed by atoms with Crippen molar-refractivity contribution in [1.29, 1.82) is 0 Å². The first-order valence-corrected chi connectivity index (χ1v) is 22.5. The number of ether oxygens (including phenoxy) is 3. The molecule has 3 aliphatic carbocycles. The highest BCUT2D eigenvalue weighted by Gasteiger charge is 2.67. The van der Waals surface area contributed by atoms with E-state index in [1.807, 2.05) is 10.8 Å². The summed E-state index contributed by atoms with van der Waals surface area (Å²) < 4.78 is 74.3. The van der Waals surface area contributed by atoms with E-state index in [9.17, 15) is 36.4 Å². The summed E-state index contributed by atoms with van der Waals surface area (Å²) in [5.74, 6) is -4.31. The van der Waals surface area contributed by atoms with E-state index >= 15 is 0 Å². The Bertz CT molecular complexity index is 2060. The van der Waals surface area contributed by atoms with Gasteiger partial charge in [0.1, 0.15) is 41.3 Å². The molecule has 1 unspecified atom stereocenters. The first-order valence-electron chi connectivity index (χ1n) is 20.9. The van der Waals surface area contributed by atoms with Gasteiger partial charge in [-0.3, -0.25) is 19.1 Å². The number of fused-ring (bicyclic) bond motifs is 5. The summed E-state index contributed by atoms with van der Waals surface area (Å²) in [7, 11) is -2.61. The van der Waals surface area contributed by atoms with Crippen LogP contribution in [0.25, 0.3) is 11.0 Å². The fraction of sp³-hybridized carbons (Fsp3) is 0.707. The minimum Gasteiger partial charge on any atom is -0.497 e. The number of aromatic nitrogens is 2. The molecule has 8 atom stereocenters. The van der Waals surface area contributed by atoms with Crippen LogP contribution >= 0.6 is 0 Å². The van der Waals surface area contributed by atoms with Crippen LogP contribution in [0.4, 0.5) is 13.6 Å². The number of alkyl halides is 2. The van der Waals surface area contributed by atoms with Crippen molar-refractivity contribution in [1.82, 2.24) is 30.2 Å². The standard InChI is InChI=1S/C41H56F2N6O9S/c1-6-25-31-21-49(32(25)35(50)47-41(20-26(41)34(42)43)38(52)48-59(54,55)24-16-17-24)37(51)33(40(2,3)4)46-39(53)58-30-14-10-12-22(30)11-8-7-9-13-28-36(57-31)45-29-19-23(56-5)15-18-27(29)44-28/h15,18-19,22,24-26,30-34H,6-14,16-17,20-21H2,1-5H3,(H,46,53)(H,47,50)(H,48,52)/t22-,25-,26?,30-,31+,32+,33-,41-/m1/s1. The van der Waals surface area contributed by atoms with Gasteiger partial charge in [0.2, 0.25) is 34.1 Å². The summed E-state index contributed by atoms with van der Waals surface area (Å²) in [4.78, 5) is 67.9. The number of carbonyl (C=O) groups excluding carboxylic acids is 4. The lowest BCUT2D eigenvalue weighted by Crippen LogP contribution is -2.61. The van der Waals surface area contributed by atoms with Crippen LogP contribution in [0.1, 0.15) is 104 Å². The average Bonchev–Trinajstić information content (AvgIpc) is 4.09. The minimum absolute atomic E-state index is 0.166. The Labute approximate surface area is 343 Å². The van der Waals surface area contributed by atoms with Crippen LogP contribution in [0, 0.1) is 23.2 Å². The number of alkyl carbamates (subject to hydrolysis) is 1. The molecule has 4 amide bonds. The number of rotatable bonds is 8. The summed E-state index contributed by atoms with van der Waals surface area (Å²) >= 11 is 0. The van der Waals surface area contributed by atoms with Crippen LogP contribution in [-0.2, 0) is 35.6 Å². The lowest BCUT2D eigenvalue weighted by atomic mass is 9.85. The van der Waals surface area contributed by atoms with Crippen molar-refractivity contribution in [3.63, 3.8) is 0 Å². The predicted molar refractivity (Wildman–Crippen MR) is 211 cm³/mol. The number of nitrogens with zero attached hydrogens (tertiary/aromatic N) is 3. The van der Waals surface area contributed by atoms with Crippen molar-refractivity contribution in [3.8, 4) is 11.6 Å². The lowest BCUT2D eigenvalue weighted by Gasteiger charge is -2.36. The number of amides is 4. The molecule has 4 fully saturated rings. The van der Waals surface area contributed by atoms with Crippen LogP contribution in [0.3, 0.4) is 0 Å².